The van der Waals surface area contributed by atoms with Crippen molar-refractivity contribution in [2.24, 2.45) is 0 Å². The summed E-state index contributed by atoms with van der Waals surface area (Å²) in [5.74, 6) is 0.782. The van der Waals surface area contributed by atoms with E-state index in [-0.39, 0.29) is 11.9 Å². The normalized spacial score (nSPS) is 17.5. The van der Waals surface area contributed by atoms with Crippen LogP contribution >= 0.6 is 11.6 Å². The largest absolute Gasteiger partial charge is 0.488 e. The molecule has 1 aliphatic heterocycles. The molecule has 0 spiro atoms. The Balaban J connectivity index is 1.39. The minimum atomic E-state index is -0.290. The SMILES string of the molecule is Fc1cc(Nc2ncc3c(Cl)ccc(OC4CCCCC4)c3n2)ccc1N1CCOCC1. The molecule has 1 aliphatic carbocycles. The Labute approximate surface area is 191 Å². The Morgan fingerprint density at radius 1 is 1.09 bits per heavy atom. The van der Waals surface area contributed by atoms with E-state index < -0.39 is 0 Å². The van der Waals surface area contributed by atoms with Gasteiger partial charge in [-0.25, -0.2) is 14.4 Å². The summed E-state index contributed by atoms with van der Waals surface area (Å²) in [5, 5.41) is 4.42. The molecule has 6 nitrogen and oxygen atoms in total. The maximum atomic E-state index is 14.8. The number of hydrogen-bond acceptors (Lipinski definition) is 6. The molecule has 32 heavy (non-hydrogen) atoms. The van der Waals surface area contributed by atoms with E-state index in [2.05, 4.69) is 15.3 Å². The topological polar surface area (TPSA) is 59.5 Å². The first-order chi connectivity index (χ1) is 15.7. The Morgan fingerprint density at radius 2 is 1.91 bits per heavy atom. The molecule has 0 bridgehead atoms. The number of aromatic nitrogens is 2. The van der Waals surface area contributed by atoms with E-state index in [4.69, 9.17) is 21.1 Å². The Kier molecular flexibility index (Phi) is 6.28. The molecule has 1 saturated heterocycles. The third kappa shape index (κ3) is 4.59. The van der Waals surface area contributed by atoms with Gasteiger partial charge in [-0.15, -0.1) is 0 Å². The van der Waals surface area contributed by atoms with E-state index in [9.17, 15) is 4.39 Å². The second-order valence-corrected chi connectivity index (χ2v) is 8.68. The number of rotatable bonds is 5. The molecule has 1 N–H and O–H groups in total. The van der Waals surface area contributed by atoms with Crippen LogP contribution in [-0.4, -0.2) is 42.4 Å². The van der Waals surface area contributed by atoms with Gasteiger partial charge in [-0.2, -0.15) is 0 Å². The van der Waals surface area contributed by atoms with Crippen molar-refractivity contribution in [2.45, 2.75) is 38.2 Å². The highest BCUT2D eigenvalue weighted by Crippen LogP contribution is 2.33. The number of morpholine rings is 1. The number of fused-ring (bicyclic) bond motifs is 1. The molecule has 5 rings (SSSR count). The van der Waals surface area contributed by atoms with Crippen molar-refractivity contribution < 1.29 is 13.9 Å². The quantitative estimate of drug-likeness (QED) is 0.530. The first kappa shape index (κ1) is 21.2. The third-order valence-corrected chi connectivity index (χ3v) is 6.39. The fourth-order valence-corrected chi connectivity index (χ4v) is 4.56. The van der Waals surface area contributed by atoms with Crippen LogP contribution in [0.3, 0.4) is 0 Å². The molecule has 0 amide bonds. The smallest absolute Gasteiger partial charge is 0.227 e. The monoisotopic (exact) mass is 456 g/mol. The summed E-state index contributed by atoms with van der Waals surface area (Å²) >= 11 is 6.38. The van der Waals surface area contributed by atoms with Crippen molar-refractivity contribution in [3.05, 3.63) is 47.4 Å². The lowest BCUT2D eigenvalue weighted by atomic mass is 9.98. The van der Waals surface area contributed by atoms with Gasteiger partial charge in [0.2, 0.25) is 5.95 Å². The van der Waals surface area contributed by atoms with Gasteiger partial charge in [0.1, 0.15) is 17.1 Å². The molecule has 3 aromatic rings. The summed E-state index contributed by atoms with van der Waals surface area (Å²) in [6.07, 6.45) is 7.61. The van der Waals surface area contributed by atoms with Crippen molar-refractivity contribution in [1.82, 2.24) is 9.97 Å². The number of anilines is 3. The van der Waals surface area contributed by atoms with Gasteiger partial charge in [-0.1, -0.05) is 18.0 Å². The van der Waals surface area contributed by atoms with Crippen LogP contribution in [0.15, 0.2) is 36.5 Å². The van der Waals surface area contributed by atoms with Crippen LogP contribution in [0, 0.1) is 5.82 Å². The molecule has 2 heterocycles. The summed E-state index contributed by atoms with van der Waals surface area (Å²) in [6, 6.07) is 8.76. The van der Waals surface area contributed by atoms with E-state index in [1.54, 1.807) is 12.3 Å². The summed E-state index contributed by atoms with van der Waals surface area (Å²) in [7, 11) is 0. The van der Waals surface area contributed by atoms with Crippen molar-refractivity contribution in [1.29, 1.82) is 0 Å². The average molecular weight is 457 g/mol. The zero-order chi connectivity index (χ0) is 21.9. The molecule has 0 unspecified atom stereocenters. The van der Waals surface area contributed by atoms with Gasteiger partial charge in [-0.05, 0) is 56.0 Å². The highest BCUT2D eigenvalue weighted by molar-refractivity contribution is 6.35. The molecule has 8 heteroatoms. The number of benzene rings is 2. The fraction of sp³-hybridized carbons (Fsp3) is 0.417. The highest BCUT2D eigenvalue weighted by Gasteiger charge is 2.19. The molecule has 2 aromatic carbocycles. The number of ether oxygens (including phenoxy) is 2. The molecular formula is C24H26ClFN4O2. The van der Waals surface area contributed by atoms with Crippen LogP contribution < -0.4 is 15.0 Å². The summed E-state index contributed by atoms with van der Waals surface area (Å²) in [6.45, 7) is 2.58. The number of nitrogens with zero attached hydrogens (tertiary/aromatic N) is 3. The van der Waals surface area contributed by atoms with Gasteiger partial charge in [0.15, 0.2) is 0 Å². The highest BCUT2D eigenvalue weighted by atomic mass is 35.5. The molecule has 1 aromatic heterocycles. The predicted octanol–water partition coefficient (Wildman–Crippen LogP) is 5.71. The minimum Gasteiger partial charge on any atom is -0.488 e. The molecule has 2 fully saturated rings. The lowest BCUT2D eigenvalue weighted by molar-refractivity contribution is 0.122. The number of halogens is 2. The Hall–Kier alpha value is -2.64. The first-order valence-electron chi connectivity index (χ1n) is 11.2. The molecule has 2 aliphatic rings. The zero-order valence-corrected chi connectivity index (χ0v) is 18.6. The first-order valence-corrected chi connectivity index (χ1v) is 11.6. The van der Waals surface area contributed by atoms with Crippen molar-refractivity contribution in [3.63, 3.8) is 0 Å². The Bertz CT molecular complexity index is 1100. The second-order valence-electron chi connectivity index (χ2n) is 8.27. The number of hydrogen-bond donors (Lipinski definition) is 1. The van der Waals surface area contributed by atoms with Gasteiger partial charge < -0.3 is 19.7 Å². The molecular weight excluding hydrogens is 431 g/mol. The minimum absolute atomic E-state index is 0.196. The maximum absolute atomic E-state index is 14.8. The standard InChI is InChI=1S/C24H26ClFN4O2/c25-19-7-9-22(32-17-4-2-1-3-5-17)23-18(19)15-27-24(29-23)28-16-6-8-21(20(26)14-16)30-10-12-31-13-11-30/h6-9,14-15,17H,1-5,10-13H2,(H,27,28,29). The van der Waals surface area contributed by atoms with E-state index in [1.165, 1.54) is 25.3 Å². The lowest BCUT2D eigenvalue weighted by Crippen LogP contribution is -2.36. The second kappa shape index (κ2) is 9.46. The molecule has 168 valence electrons. The van der Waals surface area contributed by atoms with Crippen LogP contribution in [0.4, 0.5) is 21.7 Å². The predicted molar refractivity (Wildman–Crippen MR) is 125 cm³/mol. The Morgan fingerprint density at radius 3 is 2.69 bits per heavy atom. The lowest BCUT2D eigenvalue weighted by Gasteiger charge is -2.29. The van der Waals surface area contributed by atoms with E-state index >= 15 is 0 Å². The van der Waals surface area contributed by atoms with Crippen molar-refractivity contribution >= 4 is 39.8 Å². The summed E-state index contributed by atoms with van der Waals surface area (Å²) < 4.78 is 26.4. The van der Waals surface area contributed by atoms with Crippen molar-refractivity contribution in [2.75, 3.05) is 36.5 Å². The maximum Gasteiger partial charge on any atom is 0.227 e. The van der Waals surface area contributed by atoms with E-state index in [1.807, 2.05) is 23.1 Å². The van der Waals surface area contributed by atoms with Gasteiger partial charge in [0.05, 0.1) is 30.0 Å². The van der Waals surface area contributed by atoms with Gasteiger partial charge >= 0.3 is 0 Å². The summed E-state index contributed by atoms with van der Waals surface area (Å²) in [5.41, 5.74) is 1.81. The number of nitrogens with one attached hydrogen (secondary N) is 1. The zero-order valence-electron chi connectivity index (χ0n) is 17.8. The van der Waals surface area contributed by atoms with Crippen molar-refractivity contribution in [3.8, 4) is 5.75 Å². The average Bonchev–Trinajstić information content (AvgIpc) is 2.82. The van der Waals surface area contributed by atoms with Crippen LogP contribution in [0.2, 0.25) is 5.02 Å². The molecule has 1 saturated carbocycles. The van der Waals surface area contributed by atoms with E-state index in [0.717, 1.165) is 18.2 Å². The molecule has 0 radical (unpaired) electrons. The third-order valence-electron chi connectivity index (χ3n) is 6.06. The van der Waals surface area contributed by atoms with Gasteiger partial charge in [0.25, 0.3) is 0 Å². The van der Waals surface area contributed by atoms with Gasteiger partial charge in [0, 0.05) is 30.4 Å². The van der Waals surface area contributed by atoms with Crippen LogP contribution in [0.5, 0.6) is 5.75 Å². The van der Waals surface area contributed by atoms with E-state index in [0.29, 0.717) is 59.9 Å². The van der Waals surface area contributed by atoms with Crippen LogP contribution in [-0.2, 0) is 4.74 Å². The molecule has 0 atom stereocenters. The summed E-state index contributed by atoms with van der Waals surface area (Å²) in [4.78, 5) is 11.0. The van der Waals surface area contributed by atoms with Crippen LogP contribution in [0.1, 0.15) is 32.1 Å². The van der Waals surface area contributed by atoms with Gasteiger partial charge in [-0.3, -0.25) is 0 Å². The fourth-order valence-electron chi connectivity index (χ4n) is 4.35. The van der Waals surface area contributed by atoms with Crippen LogP contribution in [0.25, 0.3) is 10.9 Å².